The van der Waals surface area contributed by atoms with Crippen molar-refractivity contribution in [2.45, 2.75) is 31.8 Å². The molecule has 0 spiro atoms. The maximum atomic E-state index is 13.2. The molecular weight excluding hydrogens is 229 g/mol. The van der Waals surface area contributed by atoms with E-state index < -0.39 is 0 Å². The van der Waals surface area contributed by atoms with E-state index >= 15 is 0 Å². The molecule has 2 N–H and O–H groups in total. The monoisotopic (exact) mass is 245 g/mol. The van der Waals surface area contributed by atoms with Crippen LogP contribution in [0.5, 0.6) is 0 Å². The van der Waals surface area contributed by atoms with E-state index in [1.54, 1.807) is 12.1 Å². The number of hydrogen-bond acceptors (Lipinski definition) is 2. The Balaban J connectivity index is 1.90. The highest BCUT2D eigenvalue weighted by molar-refractivity contribution is 5.27. The summed E-state index contributed by atoms with van der Waals surface area (Å²) in [6.07, 6.45) is 4.26. The molecule has 3 nitrogen and oxygen atoms in total. The van der Waals surface area contributed by atoms with E-state index in [4.69, 9.17) is 5.73 Å². The lowest BCUT2D eigenvalue weighted by molar-refractivity contribution is 0.612. The van der Waals surface area contributed by atoms with Gasteiger partial charge in [0.25, 0.3) is 0 Å². The molecule has 1 aliphatic rings. The molecule has 0 aliphatic heterocycles. The molecule has 0 unspecified atom stereocenters. The van der Waals surface area contributed by atoms with Crippen LogP contribution >= 0.6 is 0 Å². The quantitative estimate of drug-likeness (QED) is 0.899. The van der Waals surface area contributed by atoms with E-state index in [-0.39, 0.29) is 5.82 Å². The van der Waals surface area contributed by atoms with Crippen LogP contribution in [-0.2, 0) is 13.1 Å². The first-order chi connectivity index (χ1) is 8.78. The molecular formula is C14H16FN3. The molecule has 2 aromatic rings. The molecule has 0 bridgehead atoms. The fraction of sp³-hybridized carbons (Fsp3) is 0.357. The lowest BCUT2D eigenvalue weighted by Crippen LogP contribution is -2.08. The van der Waals surface area contributed by atoms with Gasteiger partial charge >= 0.3 is 0 Å². The molecule has 1 saturated carbocycles. The van der Waals surface area contributed by atoms with Crippen molar-refractivity contribution in [1.82, 2.24) is 9.78 Å². The van der Waals surface area contributed by atoms with Crippen LogP contribution in [0.25, 0.3) is 0 Å². The highest BCUT2D eigenvalue weighted by Gasteiger charge is 2.29. The predicted molar refractivity (Wildman–Crippen MR) is 67.6 cm³/mol. The summed E-state index contributed by atoms with van der Waals surface area (Å²) in [5.74, 6) is 0.395. The van der Waals surface area contributed by atoms with Crippen molar-refractivity contribution in [1.29, 1.82) is 0 Å². The van der Waals surface area contributed by atoms with Gasteiger partial charge in [-0.1, -0.05) is 12.1 Å². The number of hydrogen-bond donors (Lipinski definition) is 1. The number of rotatable bonds is 4. The van der Waals surface area contributed by atoms with E-state index in [2.05, 4.69) is 5.10 Å². The van der Waals surface area contributed by atoms with Gasteiger partial charge in [0.2, 0.25) is 0 Å². The van der Waals surface area contributed by atoms with Gasteiger partial charge in [-0.15, -0.1) is 0 Å². The molecule has 3 rings (SSSR count). The molecule has 94 valence electrons. The zero-order valence-corrected chi connectivity index (χ0v) is 10.1. The maximum Gasteiger partial charge on any atom is 0.123 e. The Kier molecular flexibility index (Phi) is 2.88. The third-order valence-corrected chi connectivity index (χ3v) is 3.37. The second-order valence-electron chi connectivity index (χ2n) is 4.82. The van der Waals surface area contributed by atoms with Crippen molar-refractivity contribution >= 4 is 0 Å². The maximum absolute atomic E-state index is 13.2. The van der Waals surface area contributed by atoms with Crippen LogP contribution in [0.4, 0.5) is 4.39 Å². The minimum Gasteiger partial charge on any atom is -0.326 e. The SMILES string of the molecule is NCc1cnn(Cc2cccc(F)c2)c1C1CC1. The van der Waals surface area contributed by atoms with Crippen LogP contribution in [-0.4, -0.2) is 9.78 Å². The standard InChI is InChI=1S/C14H16FN3/c15-13-3-1-2-10(6-13)9-18-14(11-4-5-11)12(7-16)8-17-18/h1-3,6,8,11H,4-5,7,9,16H2. The second kappa shape index (κ2) is 4.53. The highest BCUT2D eigenvalue weighted by atomic mass is 19.1. The predicted octanol–water partition coefficient (Wildman–Crippen LogP) is 2.41. The van der Waals surface area contributed by atoms with Crippen molar-refractivity contribution in [3.63, 3.8) is 0 Å². The average molecular weight is 245 g/mol. The molecule has 1 heterocycles. The Morgan fingerprint density at radius 2 is 2.22 bits per heavy atom. The largest absolute Gasteiger partial charge is 0.326 e. The van der Waals surface area contributed by atoms with Gasteiger partial charge in [-0.05, 0) is 30.5 Å². The summed E-state index contributed by atoms with van der Waals surface area (Å²) >= 11 is 0. The van der Waals surface area contributed by atoms with E-state index in [9.17, 15) is 4.39 Å². The number of benzene rings is 1. The van der Waals surface area contributed by atoms with Crippen LogP contribution in [0.2, 0.25) is 0 Å². The zero-order valence-electron chi connectivity index (χ0n) is 10.1. The number of halogens is 1. The Morgan fingerprint density at radius 1 is 1.39 bits per heavy atom. The van der Waals surface area contributed by atoms with Gasteiger partial charge in [-0.25, -0.2) is 4.39 Å². The Labute approximate surface area is 105 Å². The van der Waals surface area contributed by atoms with E-state index in [0.29, 0.717) is 19.0 Å². The third-order valence-electron chi connectivity index (χ3n) is 3.37. The summed E-state index contributed by atoms with van der Waals surface area (Å²) in [5.41, 5.74) is 9.02. The molecule has 4 heteroatoms. The minimum absolute atomic E-state index is 0.202. The first kappa shape index (κ1) is 11.4. The van der Waals surface area contributed by atoms with Gasteiger partial charge in [-0.2, -0.15) is 5.10 Å². The van der Waals surface area contributed by atoms with Gasteiger partial charge in [0.15, 0.2) is 0 Å². The smallest absolute Gasteiger partial charge is 0.123 e. The molecule has 18 heavy (non-hydrogen) atoms. The second-order valence-corrected chi connectivity index (χ2v) is 4.82. The number of nitrogens with zero attached hydrogens (tertiary/aromatic N) is 2. The van der Waals surface area contributed by atoms with Crippen LogP contribution in [0.15, 0.2) is 30.5 Å². The van der Waals surface area contributed by atoms with Crippen molar-refractivity contribution < 1.29 is 4.39 Å². The summed E-state index contributed by atoms with van der Waals surface area (Å²) < 4.78 is 15.1. The van der Waals surface area contributed by atoms with Gasteiger partial charge in [0.1, 0.15) is 5.82 Å². The minimum atomic E-state index is -0.202. The van der Waals surface area contributed by atoms with E-state index in [1.165, 1.54) is 24.6 Å². The normalized spacial score (nSPS) is 15.0. The van der Waals surface area contributed by atoms with Crippen molar-refractivity contribution in [3.05, 3.63) is 53.1 Å². The van der Waals surface area contributed by atoms with Gasteiger partial charge in [-0.3, -0.25) is 4.68 Å². The Hall–Kier alpha value is -1.68. The zero-order chi connectivity index (χ0) is 12.5. The lowest BCUT2D eigenvalue weighted by atomic mass is 10.1. The van der Waals surface area contributed by atoms with E-state index in [1.807, 2.05) is 16.9 Å². The molecule has 1 aliphatic carbocycles. The number of aromatic nitrogens is 2. The number of nitrogens with two attached hydrogens (primary N) is 1. The third kappa shape index (κ3) is 2.16. The average Bonchev–Trinajstić information content (AvgIpc) is 3.11. The molecule has 0 atom stereocenters. The summed E-state index contributed by atoms with van der Waals surface area (Å²) in [6, 6.07) is 6.67. The molecule has 1 fully saturated rings. The van der Waals surface area contributed by atoms with Crippen molar-refractivity contribution in [3.8, 4) is 0 Å². The molecule has 0 saturated heterocycles. The Morgan fingerprint density at radius 3 is 2.89 bits per heavy atom. The van der Waals surface area contributed by atoms with Gasteiger partial charge in [0.05, 0.1) is 12.7 Å². The van der Waals surface area contributed by atoms with E-state index in [0.717, 1.165) is 11.1 Å². The van der Waals surface area contributed by atoms with Crippen LogP contribution in [0.3, 0.4) is 0 Å². The molecule has 1 aromatic heterocycles. The van der Waals surface area contributed by atoms with Crippen LogP contribution < -0.4 is 5.73 Å². The highest BCUT2D eigenvalue weighted by Crippen LogP contribution is 2.41. The molecule has 0 radical (unpaired) electrons. The topological polar surface area (TPSA) is 43.8 Å². The summed E-state index contributed by atoms with van der Waals surface area (Å²) in [4.78, 5) is 0. The summed E-state index contributed by atoms with van der Waals surface area (Å²) in [6.45, 7) is 1.14. The van der Waals surface area contributed by atoms with Crippen molar-refractivity contribution in [2.24, 2.45) is 5.73 Å². The first-order valence-corrected chi connectivity index (χ1v) is 6.27. The fourth-order valence-electron chi connectivity index (χ4n) is 2.35. The van der Waals surface area contributed by atoms with Gasteiger partial charge < -0.3 is 5.73 Å². The first-order valence-electron chi connectivity index (χ1n) is 6.27. The summed E-state index contributed by atoms with van der Waals surface area (Å²) in [5, 5.41) is 4.39. The van der Waals surface area contributed by atoms with Crippen LogP contribution in [0.1, 0.15) is 35.6 Å². The van der Waals surface area contributed by atoms with Gasteiger partial charge in [0, 0.05) is 23.7 Å². The van der Waals surface area contributed by atoms with Crippen molar-refractivity contribution in [2.75, 3.05) is 0 Å². The molecule has 1 aromatic carbocycles. The fourth-order valence-corrected chi connectivity index (χ4v) is 2.35. The summed E-state index contributed by atoms with van der Waals surface area (Å²) in [7, 11) is 0. The van der Waals surface area contributed by atoms with Crippen LogP contribution in [0, 0.1) is 5.82 Å². The molecule has 0 amide bonds. The lowest BCUT2D eigenvalue weighted by Gasteiger charge is -2.08. The Bertz CT molecular complexity index is 558.